The number of carbonyl (C=O) groups excluding carboxylic acids is 1. The highest BCUT2D eigenvalue weighted by Gasteiger charge is 2.54. The first-order chi connectivity index (χ1) is 15.6. The Labute approximate surface area is 194 Å². The number of benzene rings is 1. The molecule has 5 aliphatic carbocycles. The molecular weight excluding hydrogens is 420 g/mol. The van der Waals surface area contributed by atoms with Gasteiger partial charge in [-0.3, -0.25) is 4.79 Å². The maximum atomic E-state index is 13.8. The molecule has 7 heteroatoms. The smallest absolute Gasteiger partial charge is 0.233 e. The number of amides is 1. The van der Waals surface area contributed by atoms with E-state index in [2.05, 4.69) is 31.8 Å². The number of ether oxygens (including phenoxy) is 1. The maximum Gasteiger partial charge on any atom is 0.233 e. The van der Waals surface area contributed by atoms with E-state index in [1.54, 1.807) is 18.9 Å². The van der Waals surface area contributed by atoms with Crippen molar-refractivity contribution in [1.82, 2.24) is 19.7 Å². The van der Waals surface area contributed by atoms with Gasteiger partial charge in [-0.1, -0.05) is 23.9 Å². The molecule has 0 radical (unpaired) electrons. The van der Waals surface area contributed by atoms with Crippen LogP contribution >= 0.6 is 11.8 Å². The van der Waals surface area contributed by atoms with Crippen LogP contribution in [0.2, 0.25) is 0 Å². The van der Waals surface area contributed by atoms with E-state index in [0.717, 1.165) is 34.2 Å². The molecule has 4 bridgehead atoms. The molecule has 1 heterocycles. The molecule has 5 fully saturated rings. The van der Waals surface area contributed by atoms with Crippen molar-refractivity contribution >= 4 is 17.7 Å². The van der Waals surface area contributed by atoms with Gasteiger partial charge in [-0.15, -0.1) is 10.2 Å². The average Bonchev–Trinajstić information content (AvgIpc) is 3.52. The Morgan fingerprint density at radius 2 is 1.91 bits per heavy atom. The molecule has 170 valence electrons. The zero-order chi connectivity index (χ0) is 21.7. The quantitative estimate of drug-likeness (QED) is 0.543. The Balaban J connectivity index is 1.26. The summed E-state index contributed by atoms with van der Waals surface area (Å²) in [5.74, 6) is 3.92. The van der Waals surface area contributed by atoms with Gasteiger partial charge in [0.1, 0.15) is 12.1 Å². The fourth-order valence-electron chi connectivity index (χ4n) is 7.01. The summed E-state index contributed by atoms with van der Waals surface area (Å²) in [7, 11) is 1.70. The fourth-order valence-corrected chi connectivity index (χ4v) is 7.87. The molecule has 0 saturated heterocycles. The Morgan fingerprint density at radius 3 is 2.56 bits per heavy atom. The molecule has 0 atom stereocenters. The predicted molar refractivity (Wildman–Crippen MR) is 123 cm³/mol. The summed E-state index contributed by atoms with van der Waals surface area (Å²) in [6.45, 7) is 0.665. The molecule has 5 saturated carbocycles. The van der Waals surface area contributed by atoms with Gasteiger partial charge in [0.2, 0.25) is 5.91 Å². The van der Waals surface area contributed by atoms with Crippen LogP contribution in [-0.4, -0.2) is 44.0 Å². The van der Waals surface area contributed by atoms with Crippen molar-refractivity contribution < 1.29 is 9.53 Å². The lowest BCUT2D eigenvalue weighted by Gasteiger charge is -2.60. The van der Waals surface area contributed by atoms with Crippen LogP contribution in [0.4, 0.5) is 0 Å². The number of carbonyl (C=O) groups is 1. The van der Waals surface area contributed by atoms with Gasteiger partial charge in [-0.05, 0) is 86.8 Å². The number of hydrogen-bond donors (Lipinski definition) is 0. The summed E-state index contributed by atoms with van der Waals surface area (Å²) in [6, 6.07) is 8.74. The predicted octanol–water partition coefficient (Wildman–Crippen LogP) is 4.71. The number of thioether (sulfide) groups is 1. The van der Waals surface area contributed by atoms with Crippen LogP contribution in [0.3, 0.4) is 0 Å². The van der Waals surface area contributed by atoms with E-state index in [-0.39, 0.29) is 11.4 Å². The summed E-state index contributed by atoms with van der Waals surface area (Å²) in [4.78, 5) is 16.1. The van der Waals surface area contributed by atoms with Gasteiger partial charge in [-0.2, -0.15) is 0 Å². The second kappa shape index (κ2) is 8.08. The third-order valence-corrected chi connectivity index (χ3v) is 9.10. The van der Waals surface area contributed by atoms with Crippen LogP contribution in [0.5, 0.6) is 5.75 Å². The minimum absolute atomic E-state index is 0.0274. The molecule has 0 spiro atoms. The van der Waals surface area contributed by atoms with E-state index in [1.807, 2.05) is 18.5 Å². The van der Waals surface area contributed by atoms with Gasteiger partial charge in [0, 0.05) is 18.1 Å². The monoisotopic (exact) mass is 452 g/mol. The van der Waals surface area contributed by atoms with Crippen LogP contribution in [0, 0.1) is 17.8 Å². The van der Waals surface area contributed by atoms with Gasteiger partial charge < -0.3 is 14.2 Å². The molecule has 7 rings (SSSR count). The first-order valence-electron chi connectivity index (χ1n) is 12.1. The number of hydrogen-bond acceptors (Lipinski definition) is 5. The van der Waals surface area contributed by atoms with E-state index < -0.39 is 0 Å². The molecular formula is C25H32N4O2S. The molecule has 1 amide bonds. The number of nitrogens with zero attached hydrogens (tertiary/aromatic N) is 4. The number of aromatic nitrogens is 3. The lowest BCUT2D eigenvalue weighted by atomic mass is 9.52. The van der Waals surface area contributed by atoms with E-state index in [9.17, 15) is 4.79 Å². The molecule has 32 heavy (non-hydrogen) atoms. The fraction of sp³-hybridized carbons (Fsp3) is 0.640. The highest BCUT2D eigenvalue weighted by Crippen LogP contribution is 2.58. The lowest BCUT2D eigenvalue weighted by Crippen LogP contribution is -2.61. The van der Waals surface area contributed by atoms with E-state index in [4.69, 9.17) is 4.74 Å². The molecule has 6 nitrogen and oxygen atoms in total. The lowest BCUT2D eigenvalue weighted by molar-refractivity contribution is -0.149. The normalized spacial score (nSPS) is 30.5. The minimum Gasteiger partial charge on any atom is -0.497 e. The van der Waals surface area contributed by atoms with E-state index in [1.165, 1.54) is 51.4 Å². The summed E-state index contributed by atoms with van der Waals surface area (Å²) >= 11 is 1.55. The Morgan fingerprint density at radius 1 is 1.19 bits per heavy atom. The molecule has 1 aromatic carbocycles. The van der Waals surface area contributed by atoms with Gasteiger partial charge >= 0.3 is 0 Å². The van der Waals surface area contributed by atoms with Crippen LogP contribution < -0.4 is 4.74 Å². The van der Waals surface area contributed by atoms with Gasteiger partial charge in [-0.25, -0.2) is 0 Å². The SMILES string of the molecule is COc1cccc(CN(C(=O)CSc2nncn2C2CC2)C23CC4CC(CC(C4)C2)C3)c1. The highest BCUT2D eigenvalue weighted by atomic mass is 32.2. The van der Waals surface area contributed by atoms with Crippen LogP contribution in [0.1, 0.15) is 63.0 Å². The van der Waals surface area contributed by atoms with Gasteiger partial charge in [0.05, 0.1) is 12.9 Å². The zero-order valence-electron chi connectivity index (χ0n) is 18.8. The van der Waals surface area contributed by atoms with Crippen molar-refractivity contribution in [2.24, 2.45) is 17.8 Å². The van der Waals surface area contributed by atoms with Gasteiger partial charge in [0.25, 0.3) is 0 Å². The first kappa shape index (κ1) is 20.6. The summed E-state index contributed by atoms with van der Waals surface area (Å²) < 4.78 is 7.61. The van der Waals surface area contributed by atoms with Crippen molar-refractivity contribution in [3.05, 3.63) is 36.2 Å². The molecule has 0 N–H and O–H groups in total. The van der Waals surface area contributed by atoms with Gasteiger partial charge in [0.15, 0.2) is 5.16 Å². The third-order valence-electron chi connectivity index (χ3n) is 8.16. The summed E-state index contributed by atoms with van der Waals surface area (Å²) in [5.41, 5.74) is 1.18. The Kier molecular flexibility index (Phi) is 5.20. The first-order valence-corrected chi connectivity index (χ1v) is 13.1. The Hall–Kier alpha value is -2.02. The topological polar surface area (TPSA) is 60.2 Å². The minimum atomic E-state index is 0.0274. The molecule has 1 aromatic heterocycles. The molecule has 0 unspecified atom stereocenters. The summed E-state index contributed by atoms with van der Waals surface area (Å²) in [6.07, 6.45) is 11.9. The third kappa shape index (κ3) is 3.82. The average molecular weight is 453 g/mol. The van der Waals surface area contributed by atoms with Crippen LogP contribution in [0.25, 0.3) is 0 Å². The molecule has 0 aliphatic heterocycles. The van der Waals surface area contributed by atoms with Crippen LogP contribution in [-0.2, 0) is 11.3 Å². The second-order valence-electron chi connectivity index (χ2n) is 10.5. The molecule has 2 aromatic rings. The van der Waals surface area contributed by atoms with Crippen molar-refractivity contribution in [3.8, 4) is 5.75 Å². The zero-order valence-corrected chi connectivity index (χ0v) is 19.6. The van der Waals surface area contributed by atoms with Crippen molar-refractivity contribution in [2.45, 2.75) is 74.6 Å². The van der Waals surface area contributed by atoms with Crippen LogP contribution in [0.15, 0.2) is 35.7 Å². The largest absolute Gasteiger partial charge is 0.497 e. The standard InChI is InChI=1S/C25H32N4O2S/c1-31-22-4-2-3-17(10-22)14-29(25-11-18-7-19(12-25)9-20(8-18)13-25)23(30)15-32-24-27-26-16-28(24)21-5-6-21/h2-4,10,16,18-21H,5-9,11-15H2,1H3. The van der Waals surface area contributed by atoms with E-state index in [0.29, 0.717) is 18.3 Å². The van der Waals surface area contributed by atoms with Crippen molar-refractivity contribution in [3.63, 3.8) is 0 Å². The van der Waals surface area contributed by atoms with Crippen molar-refractivity contribution in [2.75, 3.05) is 12.9 Å². The Bertz CT molecular complexity index is 966. The maximum absolute atomic E-state index is 13.8. The summed E-state index contributed by atoms with van der Waals surface area (Å²) in [5, 5.41) is 9.28. The van der Waals surface area contributed by atoms with E-state index >= 15 is 0 Å². The highest BCUT2D eigenvalue weighted by molar-refractivity contribution is 7.99. The molecule has 5 aliphatic rings. The number of methoxy groups -OCH3 is 1. The second-order valence-corrected chi connectivity index (χ2v) is 11.5. The number of rotatable bonds is 8. The van der Waals surface area contributed by atoms with Crippen molar-refractivity contribution in [1.29, 1.82) is 0 Å².